The number of fused-ring (bicyclic) bond motifs is 11. The van der Waals surface area contributed by atoms with Crippen molar-refractivity contribution in [1.82, 2.24) is 24.5 Å². The van der Waals surface area contributed by atoms with Gasteiger partial charge in [-0.1, -0.05) is 152 Å². The molecule has 0 fully saturated rings. The van der Waals surface area contributed by atoms with Gasteiger partial charge in [-0.2, -0.15) is 0 Å². The van der Waals surface area contributed by atoms with Crippen molar-refractivity contribution in [3.05, 3.63) is 224 Å². The summed E-state index contributed by atoms with van der Waals surface area (Å²) in [6.07, 6.45) is 0. The van der Waals surface area contributed by atoms with Gasteiger partial charge in [0.2, 0.25) is 0 Å². The fourth-order valence-electron chi connectivity index (χ4n) is 10.2. The molecule has 0 unspecified atom stereocenters. The molecular weight excluding hydrogens is 847 g/mol. The summed E-state index contributed by atoms with van der Waals surface area (Å²) >= 11 is 1.83. The van der Waals surface area contributed by atoms with Crippen molar-refractivity contribution in [3.63, 3.8) is 0 Å². The maximum atomic E-state index is 5.34. The second-order valence-corrected chi connectivity index (χ2v) is 18.4. The Kier molecular flexibility index (Phi) is 8.69. The Morgan fingerprint density at radius 2 is 0.912 bits per heavy atom. The number of para-hydroxylation sites is 3. The van der Waals surface area contributed by atoms with Crippen molar-refractivity contribution in [1.29, 1.82) is 0 Å². The number of aromatic nitrogens is 5. The van der Waals surface area contributed by atoms with Crippen LogP contribution in [0.3, 0.4) is 0 Å². The summed E-state index contributed by atoms with van der Waals surface area (Å²) in [5.41, 5.74) is 11.5. The minimum Gasteiger partial charge on any atom is -0.309 e. The fraction of sp³-hybridized carbons (Fsp3) is 0. The summed E-state index contributed by atoms with van der Waals surface area (Å²) in [4.78, 5) is 21.2. The highest BCUT2D eigenvalue weighted by Crippen LogP contribution is 2.44. The summed E-state index contributed by atoms with van der Waals surface area (Å²) in [5.74, 6) is 1.86. The molecular formula is C62H37N5S. The molecule has 0 aliphatic rings. The third-order valence-corrected chi connectivity index (χ3v) is 14.6. The number of hydrogen-bond acceptors (Lipinski definition) is 5. The molecule has 0 amide bonds. The van der Waals surface area contributed by atoms with E-state index < -0.39 is 0 Å². The second-order valence-electron chi connectivity index (χ2n) is 17.4. The van der Waals surface area contributed by atoms with Crippen LogP contribution >= 0.6 is 11.3 Å². The van der Waals surface area contributed by atoms with Gasteiger partial charge in [0.15, 0.2) is 17.5 Å². The van der Waals surface area contributed by atoms with E-state index in [0.29, 0.717) is 17.5 Å². The van der Waals surface area contributed by atoms with Crippen LogP contribution in [0.1, 0.15) is 0 Å². The zero-order chi connectivity index (χ0) is 44.7. The van der Waals surface area contributed by atoms with E-state index in [1.807, 2.05) is 11.3 Å². The number of thiophene rings is 1. The van der Waals surface area contributed by atoms with Crippen LogP contribution in [0.5, 0.6) is 0 Å². The third-order valence-electron chi connectivity index (χ3n) is 13.4. The summed E-state index contributed by atoms with van der Waals surface area (Å²) in [6.45, 7) is 0. The number of hydrogen-bond donors (Lipinski definition) is 0. The van der Waals surface area contributed by atoms with E-state index in [2.05, 4.69) is 229 Å². The van der Waals surface area contributed by atoms with Gasteiger partial charge in [-0.15, -0.1) is 11.3 Å². The highest BCUT2D eigenvalue weighted by molar-refractivity contribution is 7.26. The van der Waals surface area contributed by atoms with E-state index in [1.165, 1.54) is 41.7 Å². The summed E-state index contributed by atoms with van der Waals surface area (Å²) < 4.78 is 4.79. The first-order valence-electron chi connectivity index (χ1n) is 22.9. The lowest BCUT2D eigenvalue weighted by atomic mass is 9.98. The minimum atomic E-state index is 0.619. The fourth-order valence-corrected chi connectivity index (χ4v) is 11.4. The molecule has 0 N–H and O–H groups in total. The second kappa shape index (κ2) is 15.4. The molecule has 0 aliphatic heterocycles. The molecule has 0 saturated heterocycles. The maximum absolute atomic E-state index is 5.34. The van der Waals surface area contributed by atoms with Crippen LogP contribution in [0.2, 0.25) is 0 Å². The molecule has 0 spiro atoms. The van der Waals surface area contributed by atoms with Gasteiger partial charge >= 0.3 is 0 Å². The topological polar surface area (TPSA) is 56.5 Å². The van der Waals surface area contributed by atoms with E-state index in [1.54, 1.807) is 0 Å². The van der Waals surface area contributed by atoms with E-state index in [4.69, 9.17) is 19.9 Å². The van der Waals surface area contributed by atoms with Gasteiger partial charge in [0.1, 0.15) is 0 Å². The minimum absolute atomic E-state index is 0.619. The van der Waals surface area contributed by atoms with Gasteiger partial charge in [-0.3, -0.25) is 0 Å². The monoisotopic (exact) mass is 883 g/mol. The molecule has 4 heterocycles. The van der Waals surface area contributed by atoms with Gasteiger partial charge in [-0.25, -0.2) is 19.9 Å². The van der Waals surface area contributed by atoms with Gasteiger partial charge in [-0.05, 0) is 94.7 Å². The van der Waals surface area contributed by atoms with Crippen LogP contribution in [0, 0.1) is 0 Å². The number of benzene rings is 10. The van der Waals surface area contributed by atoms with Crippen molar-refractivity contribution >= 4 is 85.8 Å². The lowest BCUT2D eigenvalue weighted by molar-refractivity contribution is 1.07. The van der Waals surface area contributed by atoms with Crippen molar-refractivity contribution < 1.29 is 0 Å². The molecule has 4 aromatic heterocycles. The molecule has 68 heavy (non-hydrogen) atoms. The Labute approximate surface area is 394 Å². The third kappa shape index (κ3) is 6.23. The normalized spacial score (nSPS) is 11.8. The molecule has 6 heteroatoms. The summed E-state index contributed by atoms with van der Waals surface area (Å²) in [6, 6.07) is 79.7. The molecule has 0 aliphatic carbocycles. The predicted molar refractivity (Wildman–Crippen MR) is 285 cm³/mol. The van der Waals surface area contributed by atoms with Crippen LogP contribution < -0.4 is 0 Å². The van der Waals surface area contributed by atoms with Gasteiger partial charge < -0.3 is 4.57 Å². The quantitative estimate of drug-likeness (QED) is 0.156. The molecule has 14 rings (SSSR count). The number of pyridine rings is 1. The molecule has 0 bridgehead atoms. The van der Waals surface area contributed by atoms with Crippen LogP contribution in [0.15, 0.2) is 224 Å². The zero-order valence-corrected chi connectivity index (χ0v) is 37.3. The number of nitrogens with zero attached hydrogens (tertiary/aromatic N) is 5. The van der Waals surface area contributed by atoms with Gasteiger partial charge in [0.05, 0.1) is 22.2 Å². The molecule has 14 aromatic rings. The average Bonchev–Trinajstić information content (AvgIpc) is 3.96. The highest BCUT2D eigenvalue weighted by Gasteiger charge is 2.20. The summed E-state index contributed by atoms with van der Waals surface area (Å²) in [5, 5.41) is 10.6. The highest BCUT2D eigenvalue weighted by atomic mass is 32.1. The molecule has 0 saturated carbocycles. The van der Waals surface area contributed by atoms with E-state index in [0.717, 1.165) is 77.5 Å². The van der Waals surface area contributed by atoms with E-state index >= 15 is 0 Å². The molecule has 0 radical (unpaired) electrons. The lowest BCUT2D eigenvalue weighted by Crippen LogP contribution is -2.00. The van der Waals surface area contributed by atoms with Crippen molar-refractivity contribution in [2.45, 2.75) is 0 Å². The SMILES string of the molecule is c1ccc(-c2nc3ccccc3c3c2ccc2c4cc(-c5nc(-c6cccc(-c7ccc8ccccc8c7)c6)nc(-c6ccc7c(c6)c6ccccc6n7-c6ccccc6)n5)ccc4sc23)cc1. The first kappa shape index (κ1) is 38.4. The summed E-state index contributed by atoms with van der Waals surface area (Å²) in [7, 11) is 0. The standard InChI is InChI=1S/C62H37N5S/c1-3-15-39(16-4-1)58-50-31-30-48-52-37-45(29-33-56(52)68-59(48)57(50)49-23-9-11-24-53(49)63-58)62-65-60(43-19-13-18-41(35-43)42-27-26-38-14-7-8-17-40(38)34-42)64-61(66-62)44-28-32-55-51(36-44)47-22-10-12-25-54(47)67(55)46-20-5-2-6-21-46/h1-37H. The first-order chi connectivity index (χ1) is 33.7. The zero-order valence-electron chi connectivity index (χ0n) is 36.5. The average molecular weight is 884 g/mol. The van der Waals surface area contributed by atoms with Crippen LogP contribution in [0.4, 0.5) is 0 Å². The Hall–Kier alpha value is -8.84. The van der Waals surface area contributed by atoms with Gasteiger partial charge in [0, 0.05) is 75.0 Å². The first-order valence-corrected chi connectivity index (χ1v) is 23.7. The predicted octanol–water partition coefficient (Wildman–Crippen LogP) is 16.5. The molecule has 10 aromatic carbocycles. The Morgan fingerprint density at radius 1 is 0.324 bits per heavy atom. The van der Waals surface area contributed by atoms with Gasteiger partial charge in [0.25, 0.3) is 0 Å². The van der Waals surface area contributed by atoms with Crippen molar-refractivity contribution in [2.75, 3.05) is 0 Å². The van der Waals surface area contributed by atoms with Crippen LogP contribution in [-0.4, -0.2) is 24.5 Å². The lowest BCUT2D eigenvalue weighted by Gasteiger charge is -2.11. The Morgan fingerprint density at radius 3 is 1.74 bits per heavy atom. The van der Waals surface area contributed by atoms with Crippen LogP contribution in [-0.2, 0) is 0 Å². The smallest absolute Gasteiger partial charge is 0.164 e. The van der Waals surface area contributed by atoms with Crippen molar-refractivity contribution in [3.8, 4) is 62.2 Å². The van der Waals surface area contributed by atoms with E-state index in [-0.39, 0.29) is 0 Å². The number of rotatable bonds is 6. The van der Waals surface area contributed by atoms with Crippen LogP contribution in [0.25, 0.3) is 137 Å². The molecule has 316 valence electrons. The van der Waals surface area contributed by atoms with Crippen molar-refractivity contribution in [2.24, 2.45) is 0 Å². The van der Waals surface area contributed by atoms with E-state index in [9.17, 15) is 0 Å². The Bertz CT molecular complexity index is 4330. The molecule has 0 atom stereocenters. The Balaban J connectivity index is 0.967. The molecule has 5 nitrogen and oxygen atoms in total. The largest absolute Gasteiger partial charge is 0.309 e. The maximum Gasteiger partial charge on any atom is 0.164 e.